The second kappa shape index (κ2) is 9.91. The van der Waals surface area contributed by atoms with E-state index in [1.807, 2.05) is 43.3 Å². The third-order valence-electron chi connectivity index (χ3n) is 5.66. The number of aromatic amines is 1. The standard InChI is InChI=1S/C24H28N6O3/c1-16-21(20-8-11-25-15-26-20)27-24(28-22(16)31)33-19-9-12-30(13-10-19)23(32)18-6-4-17(5-7-18)14-29(2)3/h4-8,11,15,19H,9-10,12-14H2,1-3H3,(H,27,28,31). The monoisotopic (exact) mass is 448 g/mol. The summed E-state index contributed by atoms with van der Waals surface area (Å²) in [5.41, 5.74) is 3.11. The molecule has 3 heterocycles. The largest absolute Gasteiger partial charge is 0.461 e. The predicted octanol–water partition coefficient (Wildman–Crippen LogP) is 2.28. The minimum absolute atomic E-state index is 0.0257. The lowest BCUT2D eigenvalue weighted by Gasteiger charge is -2.32. The Hall–Kier alpha value is -3.59. The fraction of sp³-hybridized carbons (Fsp3) is 0.375. The molecule has 1 aromatic carbocycles. The molecule has 0 atom stereocenters. The molecule has 0 saturated carbocycles. The first-order valence-electron chi connectivity index (χ1n) is 11.0. The fourth-order valence-electron chi connectivity index (χ4n) is 3.88. The highest BCUT2D eigenvalue weighted by Crippen LogP contribution is 2.21. The summed E-state index contributed by atoms with van der Waals surface area (Å²) in [6, 6.07) is 9.64. The topological polar surface area (TPSA) is 104 Å². The highest BCUT2D eigenvalue weighted by Gasteiger charge is 2.25. The minimum Gasteiger partial charge on any atom is -0.461 e. The summed E-state index contributed by atoms with van der Waals surface area (Å²) in [4.78, 5) is 44.5. The van der Waals surface area contributed by atoms with Crippen molar-refractivity contribution in [1.82, 2.24) is 29.7 Å². The predicted molar refractivity (Wildman–Crippen MR) is 124 cm³/mol. The first-order valence-corrected chi connectivity index (χ1v) is 11.0. The lowest BCUT2D eigenvalue weighted by molar-refractivity contribution is 0.0578. The molecule has 172 valence electrons. The van der Waals surface area contributed by atoms with Gasteiger partial charge in [0.1, 0.15) is 18.1 Å². The summed E-state index contributed by atoms with van der Waals surface area (Å²) in [7, 11) is 4.04. The fourth-order valence-corrected chi connectivity index (χ4v) is 3.88. The van der Waals surface area contributed by atoms with Crippen molar-refractivity contribution < 1.29 is 9.53 Å². The number of nitrogens with zero attached hydrogens (tertiary/aromatic N) is 5. The number of carbonyl (C=O) groups is 1. The van der Waals surface area contributed by atoms with Crippen molar-refractivity contribution >= 4 is 5.91 Å². The molecule has 3 aromatic rings. The molecule has 1 aliphatic heterocycles. The van der Waals surface area contributed by atoms with Gasteiger partial charge in [-0.3, -0.25) is 14.6 Å². The van der Waals surface area contributed by atoms with E-state index in [0.717, 1.165) is 6.54 Å². The van der Waals surface area contributed by atoms with Gasteiger partial charge in [-0.25, -0.2) is 9.97 Å². The van der Waals surface area contributed by atoms with Crippen LogP contribution in [0.25, 0.3) is 11.4 Å². The van der Waals surface area contributed by atoms with E-state index in [0.29, 0.717) is 48.4 Å². The molecule has 0 spiro atoms. The van der Waals surface area contributed by atoms with Gasteiger partial charge in [0, 0.05) is 49.8 Å². The van der Waals surface area contributed by atoms with Gasteiger partial charge in [-0.2, -0.15) is 4.98 Å². The Morgan fingerprint density at radius 3 is 2.55 bits per heavy atom. The second-order valence-electron chi connectivity index (χ2n) is 8.48. The van der Waals surface area contributed by atoms with Crippen molar-refractivity contribution in [2.75, 3.05) is 27.2 Å². The molecule has 0 radical (unpaired) electrons. The van der Waals surface area contributed by atoms with E-state index in [9.17, 15) is 9.59 Å². The molecule has 33 heavy (non-hydrogen) atoms. The lowest BCUT2D eigenvalue weighted by Crippen LogP contribution is -2.42. The Bertz CT molecular complexity index is 1150. The van der Waals surface area contributed by atoms with Gasteiger partial charge >= 0.3 is 0 Å². The SMILES string of the molecule is Cc1c(-c2ccncn2)nc(OC2CCN(C(=O)c3ccc(CN(C)C)cc3)CC2)[nH]c1=O. The zero-order chi connectivity index (χ0) is 23.4. The number of ether oxygens (including phenoxy) is 1. The van der Waals surface area contributed by atoms with Crippen LogP contribution in [0, 0.1) is 6.92 Å². The maximum atomic E-state index is 12.9. The van der Waals surface area contributed by atoms with Crippen LogP contribution in [-0.4, -0.2) is 68.9 Å². The molecule has 2 aromatic heterocycles. The summed E-state index contributed by atoms with van der Waals surface area (Å²) in [6.45, 7) is 3.70. The van der Waals surface area contributed by atoms with Gasteiger partial charge in [-0.05, 0) is 44.8 Å². The Morgan fingerprint density at radius 1 is 1.18 bits per heavy atom. The van der Waals surface area contributed by atoms with Crippen LogP contribution in [0.2, 0.25) is 0 Å². The summed E-state index contributed by atoms with van der Waals surface area (Å²) in [6.07, 6.45) is 4.20. The van der Waals surface area contributed by atoms with Crippen molar-refractivity contribution in [2.24, 2.45) is 0 Å². The van der Waals surface area contributed by atoms with Crippen molar-refractivity contribution in [3.8, 4) is 17.4 Å². The number of carbonyl (C=O) groups excluding carboxylic acids is 1. The number of aromatic nitrogens is 4. The molecule has 9 nitrogen and oxygen atoms in total. The molecule has 9 heteroatoms. The number of likely N-dealkylation sites (tertiary alicyclic amines) is 1. The Morgan fingerprint density at radius 2 is 1.91 bits per heavy atom. The summed E-state index contributed by atoms with van der Waals surface area (Å²) >= 11 is 0. The third kappa shape index (κ3) is 5.43. The van der Waals surface area contributed by atoms with E-state index >= 15 is 0 Å². The highest BCUT2D eigenvalue weighted by atomic mass is 16.5. The van der Waals surface area contributed by atoms with Crippen LogP contribution in [-0.2, 0) is 6.54 Å². The van der Waals surface area contributed by atoms with Gasteiger partial charge in [-0.1, -0.05) is 12.1 Å². The van der Waals surface area contributed by atoms with E-state index < -0.39 is 0 Å². The molecule has 1 aliphatic rings. The number of hydrogen-bond donors (Lipinski definition) is 1. The van der Waals surface area contributed by atoms with Crippen molar-refractivity contribution in [3.05, 3.63) is 69.9 Å². The Balaban J connectivity index is 1.38. The Kier molecular flexibility index (Phi) is 6.79. The number of H-pyrrole nitrogens is 1. The molecular weight excluding hydrogens is 420 g/mol. The van der Waals surface area contributed by atoms with Gasteiger partial charge in [-0.15, -0.1) is 0 Å². The number of benzene rings is 1. The maximum absolute atomic E-state index is 12.9. The lowest BCUT2D eigenvalue weighted by atomic mass is 10.1. The summed E-state index contributed by atoms with van der Waals surface area (Å²) < 4.78 is 5.99. The summed E-state index contributed by atoms with van der Waals surface area (Å²) in [5, 5.41) is 0. The smallest absolute Gasteiger partial charge is 0.297 e. The number of amides is 1. The van der Waals surface area contributed by atoms with E-state index in [1.165, 1.54) is 11.9 Å². The zero-order valence-electron chi connectivity index (χ0n) is 19.1. The van der Waals surface area contributed by atoms with E-state index in [2.05, 4.69) is 24.8 Å². The molecule has 0 bridgehead atoms. The van der Waals surface area contributed by atoms with Crippen LogP contribution in [0.4, 0.5) is 0 Å². The van der Waals surface area contributed by atoms with Crippen molar-refractivity contribution in [3.63, 3.8) is 0 Å². The van der Waals surface area contributed by atoms with E-state index in [-0.39, 0.29) is 23.6 Å². The molecule has 1 N–H and O–H groups in total. The van der Waals surface area contributed by atoms with E-state index in [1.54, 1.807) is 19.2 Å². The van der Waals surface area contributed by atoms with E-state index in [4.69, 9.17) is 4.74 Å². The highest BCUT2D eigenvalue weighted by molar-refractivity contribution is 5.94. The number of rotatable bonds is 6. The quantitative estimate of drug-likeness (QED) is 0.617. The van der Waals surface area contributed by atoms with Crippen LogP contribution in [0.15, 0.2) is 47.7 Å². The molecule has 0 unspecified atom stereocenters. The Labute approximate surface area is 192 Å². The average molecular weight is 449 g/mol. The van der Waals surface area contributed by atoms with Crippen LogP contribution in [0.3, 0.4) is 0 Å². The number of nitrogens with one attached hydrogen (secondary N) is 1. The average Bonchev–Trinajstić information content (AvgIpc) is 2.82. The first kappa shape index (κ1) is 22.6. The minimum atomic E-state index is -0.265. The maximum Gasteiger partial charge on any atom is 0.297 e. The van der Waals surface area contributed by atoms with Gasteiger partial charge in [0.15, 0.2) is 0 Å². The molecule has 1 amide bonds. The van der Waals surface area contributed by atoms with Crippen molar-refractivity contribution in [1.29, 1.82) is 0 Å². The summed E-state index contributed by atoms with van der Waals surface area (Å²) in [5.74, 6) is 0.0257. The molecule has 4 rings (SSSR count). The number of hydrogen-bond acceptors (Lipinski definition) is 7. The van der Waals surface area contributed by atoms with Gasteiger partial charge in [0.2, 0.25) is 0 Å². The third-order valence-corrected chi connectivity index (χ3v) is 5.66. The van der Waals surface area contributed by atoms with Crippen molar-refractivity contribution in [2.45, 2.75) is 32.4 Å². The second-order valence-corrected chi connectivity index (χ2v) is 8.48. The van der Waals surface area contributed by atoms with Gasteiger partial charge < -0.3 is 14.5 Å². The zero-order valence-corrected chi connectivity index (χ0v) is 19.1. The normalized spacial score (nSPS) is 14.5. The van der Waals surface area contributed by atoms with Crippen LogP contribution < -0.4 is 10.3 Å². The van der Waals surface area contributed by atoms with Crippen LogP contribution in [0.5, 0.6) is 6.01 Å². The molecular formula is C24H28N6O3. The first-order chi connectivity index (χ1) is 15.9. The van der Waals surface area contributed by atoms with Crippen LogP contribution >= 0.6 is 0 Å². The molecule has 1 saturated heterocycles. The van der Waals surface area contributed by atoms with Gasteiger partial charge in [0.25, 0.3) is 17.5 Å². The molecule has 1 fully saturated rings. The van der Waals surface area contributed by atoms with Crippen LogP contribution in [0.1, 0.15) is 34.3 Å². The van der Waals surface area contributed by atoms with Gasteiger partial charge in [0.05, 0.1) is 5.69 Å². The number of piperidine rings is 1. The molecule has 0 aliphatic carbocycles.